The fraction of sp³-hybridized carbons (Fsp3) is 0.617. The molecule has 2 aromatic carbocycles. The molecule has 2 rings (SSSR count). The Morgan fingerprint density at radius 1 is 0.490 bits per heavy atom. The summed E-state index contributed by atoms with van der Waals surface area (Å²) < 4.78 is 0. The maximum absolute atomic E-state index is 5.02. The highest BCUT2D eigenvalue weighted by atomic mass is 14.8. The molecule has 0 fully saturated rings. The van der Waals surface area contributed by atoms with E-state index >= 15 is 0 Å². The number of aliphatic imine (C=N–C) groups is 2. The molecular formula is C47H70N2. The van der Waals surface area contributed by atoms with Crippen LogP contribution in [0.3, 0.4) is 0 Å². The molecule has 0 aliphatic rings. The van der Waals surface area contributed by atoms with Crippen molar-refractivity contribution in [2.75, 3.05) is 0 Å². The van der Waals surface area contributed by atoms with Crippen LogP contribution in [0, 0.1) is 23.7 Å². The number of hydrogen-bond donors (Lipinski definition) is 0. The normalized spacial score (nSPS) is 11.4. The fourth-order valence-corrected chi connectivity index (χ4v) is 6.07. The largest absolute Gasteiger partial charge is 0.255 e. The Morgan fingerprint density at radius 3 is 1.39 bits per heavy atom. The lowest BCUT2D eigenvalue weighted by Crippen LogP contribution is -1.99. The van der Waals surface area contributed by atoms with E-state index in [0.717, 1.165) is 53.9 Å². The van der Waals surface area contributed by atoms with Gasteiger partial charge in [-0.25, -0.2) is 0 Å². The van der Waals surface area contributed by atoms with Crippen molar-refractivity contribution in [2.45, 2.75) is 188 Å². The first-order chi connectivity index (χ1) is 24.2. The maximum Gasteiger partial charge on any atom is 0.0646 e. The predicted octanol–water partition coefficient (Wildman–Crippen LogP) is 15.1. The topological polar surface area (TPSA) is 24.7 Å². The van der Waals surface area contributed by atoms with Gasteiger partial charge in [-0.05, 0) is 62.1 Å². The quantitative estimate of drug-likeness (QED) is 0.0517. The summed E-state index contributed by atoms with van der Waals surface area (Å²) in [7, 11) is 0. The first-order valence-corrected chi connectivity index (χ1v) is 20.5. The third-order valence-corrected chi connectivity index (χ3v) is 9.14. The Labute approximate surface area is 303 Å². The van der Waals surface area contributed by atoms with Gasteiger partial charge in [0.15, 0.2) is 0 Å². The van der Waals surface area contributed by atoms with Crippen LogP contribution < -0.4 is 0 Å². The highest BCUT2D eigenvalue weighted by molar-refractivity contribution is 6.31. The van der Waals surface area contributed by atoms with Crippen LogP contribution in [0.25, 0.3) is 0 Å². The van der Waals surface area contributed by atoms with Crippen molar-refractivity contribution in [2.24, 2.45) is 9.98 Å². The monoisotopic (exact) mass is 663 g/mol. The van der Waals surface area contributed by atoms with Gasteiger partial charge in [0.1, 0.15) is 0 Å². The highest BCUT2D eigenvalue weighted by Crippen LogP contribution is 2.18. The van der Waals surface area contributed by atoms with Gasteiger partial charge in [0, 0.05) is 30.2 Å². The van der Waals surface area contributed by atoms with E-state index in [1.165, 1.54) is 141 Å². The zero-order valence-corrected chi connectivity index (χ0v) is 32.0. The Balaban J connectivity index is 1.83. The third-order valence-electron chi connectivity index (χ3n) is 9.14. The molecule has 0 radical (unpaired) electrons. The Morgan fingerprint density at radius 2 is 0.898 bits per heavy atom. The van der Waals surface area contributed by atoms with Gasteiger partial charge in [-0.2, -0.15) is 0 Å². The SMILES string of the molecule is CCCCCCCCCCCCC#Cc1cccc(N=CC(CCCCC)=Nc2cccc(C#CCCCCCCCCCCCC)c2)c1. The number of rotatable bonds is 27. The van der Waals surface area contributed by atoms with Crippen LogP contribution in [-0.2, 0) is 0 Å². The smallest absolute Gasteiger partial charge is 0.0646 e. The van der Waals surface area contributed by atoms with Crippen molar-refractivity contribution in [3.63, 3.8) is 0 Å². The summed E-state index contributed by atoms with van der Waals surface area (Å²) in [5.74, 6) is 13.5. The second-order valence-electron chi connectivity index (χ2n) is 13.9. The fourth-order valence-electron chi connectivity index (χ4n) is 6.07. The molecule has 0 bridgehead atoms. The molecule has 49 heavy (non-hydrogen) atoms. The van der Waals surface area contributed by atoms with Gasteiger partial charge in [-0.15, -0.1) is 0 Å². The number of benzene rings is 2. The summed E-state index contributed by atoms with van der Waals surface area (Å²) in [5, 5.41) is 0. The van der Waals surface area contributed by atoms with Gasteiger partial charge >= 0.3 is 0 Å². The average Bonchev–Trinajstić information content (AvgIpc) is 3.12. The van der Waals surface area contributed by atoms with Crippen LogP contribution >= 0.6 is 0 Å². The van der Waals surface area contributed by atoms with E-state index in [9.17, 15) is 0 Å². The molecular weight excluding hydrogens is 593 g/mol. The van der Waals surface area contributed by atoms with Crippen LogP contribution in [0.2, 0.25) is 0 Å². The second-order valence-corrected chi connectivity index (χ2v) is 13.9. The summed E-state index contributed by atoms with van der Waals surface area (Å²) in [6.07, 6.45) is 35.5. The molecule has 0 aliphatic heterocycles. The van der Waals surface area contributed by atoms with E-state index in [1.54, 1.807) is 0 Å². The summed E-state index contributed by atoms with van der Waals surface area (Å²) >= 11 is 0. The maximum atomic E-state index is 5.02. The lowest BCUT2D eigenvalue weighted by molar-refractivity contribution is 0.558. The zero-order chi connectivity index (χ0) is 34.9. The molecule has 0 saturated carbocycles. The molecule has 0 N–H and O–H groups in total. The van der Waals surface area contributed by atoms with E-state index in [2.05, 4.69) is 93.0 Å². The Bertz CT molecular complexity index is 1280. The van der Waals surface area contributed by atoms with Crippen LogP contribution in [0.15, 0.2) is 58.5 Å². The first kappa shape index (κ1) is 42.1. The van der Waals surface area contributed by atoms with E-state index in [1.807, 2.05) is 6.21 Å². The van der Waals surface area contributed by atoms with Crippen molar-refractivity contribution >= 4 is 23.3 Å². The molecule has 0 saturated heterocycles. The molecule has 2 nitrogen and oxygen atoms in total. The van der Waals surface area contributed by atoms with Gasteiger partial charge < -0.3 is 0 Å². The lowest BCUT2D eigenvalue weighted by atomic mass is 10.1. The van der Waals surface area contributed by atoms with Crippen molar-refractivity contribution in [3.8, 4) is 23.7 Å². The van der Waals surface area contributed by atoms with E-state index in [0.29, 0.717) is 0 Å². The Hall–Kier alpha value is -3.10. The standard InChI is InChI=1S/C47H70N2/c1-4-7-10-12-14-16-18-20-22-24-26-29-33-43-35-31-38-45(40-43)48-42-47(37-28-9-6-3)49-46-39-32-36-44(41-46)34-30-27-25-23-21-19-17-15-13-11-8-5-2/h31-32,35-36,38-42H,4-28,37H2,1-3H3. The molecule has 0 aromatic heterocycles. The summed E-state index contributed by atoms with van der Waals surface area (Å²) in [6.45, 7) is 6.81. The molecule has 0 aliphatic carbocycles. The van der Waals surface area contributed by atoms with Crippen LogP contribution in [0.5, 0.6) is 0 Å². The molecule has 0 spiro atoms. The molecule has 2 aromatic rings. The minimum Gasteiger partial charge on any atom is -0.255 e. The number of nitrogens with zero attached hydrogens (tertiary/aromatic N) is 2. The average molecular weight is 663 g/mol. The third kappa shape index (κ3) is 23.8. The Kier molecular flexibility index (Phi) is 26.5. The zero-order valence-electron chi connectivity index (χ0n) is 32.0. The van der Waals surface area contributed by atoms with Gasteiger partial charge in [-0.3, -0.25) is 9.98 Å². The van der Waals surface area contributed by atoms with Crippen molar-refractivity contribution in [1.82, 2.24) is 0 Å². The van der Waals surface area contributed by atoms with Crippen molar-refractivity contribution in [3.05, 3.63) is 59.7 Å². The summed E-state index contributed by atoms with van der Waals surface area (Å²) in [5.41, 5.74) is 4.98. The van der Waals surface area contributed by atoms with Crippen molar-refractivity contribution < 1.29 is 0 Å². The summed E-state index contributed by atoms with van der Waals surface area (Å²) in [4.78, 5) is 9.86. The van der Waals surface area contributed by atoms with E-state index in [4.69, 9.17) is 9.98 Å². The lowest BCUT2D eigenvalue weighted by Gasteiger charge is -2.03. The van der Waals surface area contributed by atoms with Crippen LogP contribution in [0.4, 0.5) is 11.4 Å². The van der Waals surface area contributed by atoms with E-state index in [-0.39, 0.29) is 0 Å². The predicted molar refractivity (Wildman–Crippen MR) is 219 cm³/mol. The molecule has 0 atom stereocenters. The number of unbranched alkanes of at least 4 members (excludes halogenated alkanes) is 22. The second kappa shape index (κ2) is 30.9. The summed E-state index contributed by atoms with van der Waals surface area (Å²) in [6, 6.07) is 16.7. The van der Waals surface area contributed by atoms with Crippen LogP contribution in [0.1, 0.15) is 199 Å². The molecule has 0 heterocycles. The molecule has 268 valence electrons. The minimum atomic E-state index is 0.921. The van der Waals surface area contributed by atoms with Gasteiger partial charge in [0.2, 0.25) is 0 Å². The van der Waals surface area contributed by atoms with Crippen LogP contribution in [-0.4, -0.2) is 11.9 Å². The molecule has 0 unspecified atom stereocenters. The highest BCUT2D eigenvalue weighted by Gasteiger charge is 2.01. The molecule has 2 heteroatoms. The van der Waals surface area contributed by atoms with Gasteiger partial charge in [-0.1, -0.05) is 185 Å². The first-order valence-electron chi connectivity index (χ1n) is 20.5. The number of hydrogen-bond acceptors (Lipinski definition) is 2. The van der Waals surface area contributed by atoms with Crippen molar-refractivity contribution in [1.29, 1.82) is 0 Å². The van der Waals surface area contributed by atoms with E-state index < -0.39 is 0 Å². The minimum absolute atomic E-state index is 0.921. The van der Waals surface area contributed by atoms with Gasteiger partial charge in [0.05, 0.1) is 17.1 Å². The van der Waals surface area contributed by atoms with Gasteiger partial charge in [0.25, 0.3) is 0 Å². The molecule has 0 amide bonds.